The van der Waals surface area contributed by atoms with Gasteiger partial charge < -0.3 is 9.88 Å². The fourth-order valence-electron chi connectivity index (χ4n) is 3.19. The number of aromatic nitrogens is 1. The third kappa shape index (κ3) is 4.00. The predicted molar refractivity (Wildman–Crippen MR) is 89.1 cm³/mol. The summed E-state index contributed by atoms with van der Waals surface area (Å²) >= 11 is 0. The van der Waals surface area contributed by atoms with E-state index in [2.05, 4.69) is 22.0 Å². The van der Waals surface area contributed by atoms with Crippen molar-refractivity contribution < 1.29 is 4.79 Å². The fraction of sp³-hybridized carbons (Fsp3) is 0.421. The third-order valence-electron chi connectivity index (χ3n) is 4.52. The van der Waals surface area contributed by atoms with E-state index in [1.165, 1.54) is 32.1 Å². The number of amides is 1. The van der Waals surface area contributed by atoms with Crippen LogP contribution in [0.5, 0.6) is 0 Å². The number of carbonyl (C=O) groups excluding carboxylic acids is 1. The second kappa shape index (κ2) is 7.30. The summed E-state index contributed by atoms with van der Waals surface area (Å²) in [6, 6.07) is 12.2. The maximum Gasteiger partial charge on any atom is 0.224 e. The van der Waals surface area contributed by atoms with Crippen molar-refractivity contribution in [3.8, 4) is 5.69 Å². The highest BCUT2D eigenvalue weighted by Gasteiger charge is 2.14. The van der Waals surface area contributed by atoms with E-state index in [-0.39, 0.29) is 5.91 Å². The topological polar surface area (TPSA) is 34.0 Å². The van der Waals surface area contributed by atoms with E-state index < -0.39 is 0 Å². The van der Waals surface area contributed by atoms with E-state index in [0.29, 0.717) is 12.3 Å². The monoisotopic (exact) mass is 296 g/mol. The van der Waals surface area contributed by atoms with Gasteiger partial charge in [0.15, 0.2) is 0 Å². The van der Waals surface area contributed by atoms with E-state index in [1.54, 1.807) is 0 Å². The number of nitrogens with one attached hydrogen (secondary N) is 1. The third-order valence-corrected chi connectivity index (χ3v) is 4.52. The Balaban J connectivity index is 1.48. The van der Waals surface area contributed by atoms with Gasteiger partial charge in [-0.05, 0) is 48.6 Å². The molecule has 0 aliphatic heterocycles. The van der Waals surface area contributed by atoms with Crippen molar-refractivity contribution in [3.63, 3.8) is 0 Å². The molecule has 0 radical (unpaired) electrons. The van der Waals surface area contributed by atoms with Crippen LogP contribution < -0.4 is 5.32 Å². The smallest absolute Gasteiger partial charge is 0.224 e. The lowest BCUT2D eigenvalue weighted by atomic mass is 9.89. The summed E-state index contributed by atoms with van der Waals surface area (Å²) in [5.74, 6) is 0.827. The first-order chi connectivity index (χ1) is 10.8. The Morgan fingerprint density at radius 3 is 2.41 bits per heavy atom. The van der Waals surface area contributed by atoms with Crippen LogP contribution >= 0.6 is 0 Å². The Hall–Kier alpha value is -2.03. The van der Waals surface area contributed by atoms with Crippen LogP contribution in [0.3, 0.4) is 0 Å². The molecule has 0 bridgehead atoms. The molecule has 116 valence electrons. The molecular weight excluding hydrogens is 272 g/mol. The SMILES string of the molecule is O=C(Cc1ccc(-n2cccc2)cc1)NCC1CCCCC1. The molecule has 0 saturated heterocycles. The Kier molecular flexibility index (Phi) is 4.94. The van der Waals surface area contributed by atoms with Gasteiger partial charge in [-0.2, -0.15) is 0 Å². The molecule has 1 amide bonds. The van der Waals surface area contributed by atoms with Crippen LogP contribution in [0.15, 0.2) is 48.8 Å². The molecule has 1 aromatic carbocycles. The van der Waals surface area contributed by atoms with Crippen LogP contribution in [0.4, 0.5) is 0 Å². The van der Waals surface area contributed by atoms with Crippen LogP contribution in [0.2, 0.25) is 0 Å². The van der Waals surface area contributed by atoms with Gasteiger partial charge in [0.2, 0.25) is 5.91 Å². The Bertz CT molecular complexity index is 580. The molecule has 0 spiro atoms. The second-order valence-electron chi connectivity index (χ2n) is 6.24. The molecule has 22 heavy (non-hydrogen) atoms. The van der Waals surface area contributed by atoms with Gasteiger partial charge >= 0.3 is 0 Å². The van der Waals surface area contributed by atoms with E-state index in [0.717, 1.165) is 17.8 Å². The zero-order chi connectivity index (χ0) is 15.2. The summed E-state index contributed by atoms with van der Waals surface area (Å²) < 4.78 is 2.06. The zero-order valence-corrected chi connectivity index (χ0v) is 13.0. The van der Waals surface area contributed by atoms with E-state index in [4.69, 9.17) is 0 Å². The second-order valence-corrected chi connectivity index (χ2v) is 6.24. The molecule has 3 rings (SSSR count). The average molecular weight is 296 g/mol. The van der Waals surface area contributed by atoms with Crippen LogP contribution in [-0.2, 0) is 11.2 Å². The van der Waals surface area contributed by atoms with Crippen molar-refractivity contribution in [2.24, 2.45) is 5.92 Å². The molecule has 3 nitrogen and oxygen atoms in total. The first-order valence-electron chi connectivity index (χ1n) is 8.30. The van der Waals surface area contributed by atoms with E-state index in [9.17, 15) is 4.79 Å². The zero-order valence-electron chi connectivity index (χ0n) is 13.0. The first-order valence-corrected chi connectivity index (χ1v) is 8.30. The molecule has 1 fully saturated rings. The largest absolute Gasteiger partial charge is 0.356 e. The summed E-state index contributed by atoms with van der Waals surface area (Å²) in [6.45, 7) is 0.848. The molecule has 1 aromatic heterocycles. The first kappa shape index (κ1) is 14.9. The maximum atomic E-state index is 12.1. The van der Waals surface area contributed by atoms with Gasteiger partial charge in [-0.15, -0.1) is 0 Å². The summed E-state index contributed by atoms with van der Waals surface area (Å²) in [6.07, 6.45) is 11.1. The number of carbonyl (C=O) groups is 1. The number of benzene rings is 1. The van der Waals surface area contributed by atoms with Crippen molar-refractivity contribution in [3.05, 3.63) is 54.4 Å². The Morgan fingerprint density at radius 1 is 1.05 bits per heavy atom. The Labute approximate surface area is 132 Å². The van der Waals surface area contributed by atoms with Crippen molar-refractivity contribution in [1.82, 2.24) is 9.88 Å². The van der Waals surface area contributed by atoms with Crippen LogP contribution in [0, 0.1) is 5.92 Å². The highest BCUT2D eigenvalue weighted by Crippen LogP contribution is 2.22. The van der Waals surface area contributed by atoms with Crippen LogP contribution in [0.25, 0.3) is 5.69 Å². The van der Waals surface area contributed by atoms with Crippen molar-refractivity contribution in [2.75, 3.05) is 6.54 Å². The molecule has 0 unspecified atom stereocenters. The number of hydrogen-bond acceptors (Lipinski definition) is 1. The summed E-state index contributed by atoms with van der Waals surface area (Å²) in [4.78, 5) is 12.1. The van der Waals surface area contributed by atoms with E-state index >= 15 is 0 Å². The number of nitrogens with zero attached hydrogens (tertiary/aromatic N) is 1. The van der Waals surface area contributed by atoms with Crippen molar-refractivity contribution in [2.45, 2.75) is 38.5 Å². The number of rotatable bonds is 5. The molecule has 1 N–H and O–H groups in total. The Morgan fingerprint density at radius 2 is 1.73 bits per heavy atom. The predicted octanol–water partition coefficient (Wildman–Crippen LogP) is 3.72. The van der Waals surface area contributed by atoms with Gasteiger partial charge in [0.05, 0.1) is 6.42 Å². The minimum Gasteiger partial charge on any atom is -0.356 e. The van der Waals surface area contributed by atoms with Gasteiger partial charge in [-0.3, -0.25) is 4.79 Å². The highest BCUT2D eigenvalue weighted by molar-refractivity contribution is 5.78. The molecule has 1 heterocycles. The quantitative estimate of drug-likeness (QED) is 0.896. The summed E-state index contributed by atoms with van der Waals surface area (Å²) in [5.41, 5.74) is 2.19. The normalized spacial score (nSPS) is 15.6. The van der Waals surface area contributed by atoms with Gasteiger partial charge in [-0.1, -0.05) is 31.4 Å². The molecule has 1 aliphatic carbocycles. The molecular formula is C19H24N2O. The van der Waals surface area contributed by atoms with Crippen molar-refractivity contribution in [1.29, 1.82) is 0 Å². The molecule has 1 saturated carbocycles. The lowest BCUT2D eigenvalue weighted by Gasteiger charge is -2.21. The minimum absolute atomic E-state index is 0.138. The van der Waals surface area contributed by atoms with Crippen molar-refractivity contribution >= 4 is 5.91 Å². The van der Waals surface area contributed by atoms with Gasteiger partial charge in [-0.25, -0.2) is 0 Å². The minimum atomic E-state index is 0.138. The number of hydrogen-bond donors (Lipinski definition) is 1. The highest BCUT2D eigenvalue weighted by atomic mass is 16.1. The van der Waals surface area contributed by atoms with Crippen LogP contribution in [0.1, 0.15) is 37.7 Å². The van der Waals surface area contributed by atoms with Crippen LogP contribution in [-0.4, -0.2) is 17.0 Å². The molecule has 1 aliphatic rings. The maximum absolute atomic E-state index is 12.1. The van der Waals surface area contributed by atoms with Gasteiger partial charge in [0, 0.05) is 24.6 Å². The molecule has 2 aromatic rings. The molecule has 3 heteroatoms. The lowest BCUT2D eigenvalue weighted by Crippen LogP contribution is -2.31. The summed E-state index contributed by atoms with van der Waals surface area (Å²) in [7, 11) is 0. The molecule has 0 atom stereocenters. The van der Waals surface area contributed by atoms with E-state index in [1.807, 2.05) is 36.7 Å². The van der Waals surface area contributed by atoms with Gasteiger partial charge in [0.25, 0.3) is 0 Å². The lowest BCUT2D eigenvalue weighted by molar-refractivity contribution is -0.120. The fourth-order valence-corrected chi connectivity index (χ4v) is 3.19. The standard InChI is InChI=1S/C19H24N2O/c22-19(20-15-17-6-2-1-3-7-17)14-16-8-10-18(11-9-16)21-12-4-5-13-21/h4-5,8-13,17H,1-3,6-7,14-15H2,(H,20,22). The van der Waals surface area contributed by atoms with Gasteiger partial charge in [0.1, 0.15) is 0 Å². The summed E-state index contributed by atoms with van der Waals surface area (Å²) in [5, 5.41) is 3.10. The average Bonchev–Trinajstić information content (AvgIpc) is 3.09.